The van der Waals surface area contributed by atoms with Gasteiger partial charge in [0, 0.05) is 19.7 Å². The molecule has 0 unspecified atom stereocenters. The lowest BCUT2D eigenvalue weighted by Crippen LogP contribution is -2.22. The Bertz CT molecular complexity index is 1110. The molecule has 0 amide bonds. The summed E-state index contributed by atoms with van der Waals surface area (Å²) in [7, 11) is 0.548. The zero-order chi connectivity index (χ0) is 20.5. The third kappa shape index (κ3) is 3.80. The largest absolute Gasteiger partial charge is 0.494 e. The molecule has 0 aliphatic carbocycles. The number of halogens is 1. The molecule has 0 spiro atoms. The number of hydrogen-bond donors (Lipinski definition) is 0. The maximum absolute atomic E-state index is 13.8. The molecule has 0 aromatic heterocycles. The lowest BCUT2D eigenvalue weighted by molar-refractivity contribution is -0.129. The van der Waals surface area contributed by atoms with Crippen molar-refractivity contribution >= 4 is 28.0 Å². The topological polar surface area (TPSA) is 85.3 Å². The molecule has 3 rings (SSSR count). The highest BCUT2D eigenvalue weighted by Gasteiger charge is 2.26. The number of esters is 1. The van der Waals surface area contributed by atoms with Gasteiger partial charge in [-0.1, -0.05) is 12.1 Å². The van der Waals surface area contributed by atoms with E-state index >= 15 is 0 Å². The molecule has 0 radical (unpaired) electrons. The van der Waals surface area contributed by atoms with E-state index in [2.05, 4.69) is 4.99 Å². The van der Waals surface area contributed by atoms with Crippen LogP contribution in [-0.2, 0) is 19.6 Å². The van der Waals surface area contributed by atoms with Crippen LogP contribution in [0.25, 0.3) is 6.08 Å². The van der Waals surface area contributed by atoms with Crippen LogP contribution in [0, 0.1) is 5.82 Å². The predicted octanol–water partition coefficient (Wildman–Crippen LogP) is 2.43. The molecule has 0 N–H and O–H groups in total. The minimum Gasteiger partial charge on any atom is -0.494 e. The van der Waals surface area contributed by atoms with Crippen molar-refractivity contribution in [3.63, 3.8) is 0 Å². The molecule has 0 saturated heterocycles. The van der Waals surface area contributed by atoms with Crippen LogP contribution in [-0.4, -0.2) is 45.8 Å². The predicted molar refractivity (Wildman–Crippen MR) is 101 cm³/mol. The lowest BCUT2D eigenvalue weighted by Gasteiger charge is -2.11. The summed E-state index contributed by atoms with van der Waals surface area (Å²) in [6.45, 7) is 0. The number of carbonyl (C=O) groups is 1. The number of aliphatic imine (C=N–C) groups is 1. The molecule has 146 valence electrons. The second-order valence-corrected chi connectivity index (χ2v) is 8.20. The molecular formula is C19H17FN2O5S. The van der Waals surface area contributed by atoms with E-state index in [1.807, 2.05) is 0 Å². The van der Waals surface area contributed by atoms with Gasteiger partial charge >= 0.3 is 5.97 Å². The fourth-order valence-corrected chi connectivity index (χ4v) is 3.41. The van der Waals surface area contributed by atoms with Crippen LogP contribution in [0.15, 0.2) is 58.0 Å². The minimum absolute atomic E-state index is 0.0268. The fourth-order valence-electron chi connectivity index (χ4n) is 2.46. The molecule has 0 atom stereocenters. The molecule has 28 heavy (non-hydrogen) atoms. The summed E-state index contributed by atoms with van der Waals surface area (Å²) in [5.74, 6) is -1.23. The monoisotopic (exact) mass is 404 g/mol. The summed E-state index contributed by atoms with van der Waals surface area (Å²) in [6.07, 6.45) is 1.37. The van der Waals surface area contributed by atoms with Gasteiger partial charge in [-0.25, -0.2) is 26.9 Å². The van der Waals surface area contributed by atoms with E-state index in [1.165, 1.54) is 57.6 Å². The lowest BCUT2D eigenvalue weighted by atomic mass is 10.2. The summed E-state index contributed by atoms with van der Waals surface area (Å²) >= 11 is 0. The Kier molecular flexibility index (Phi) is 5.30. The maximum Gasteiger partial charge on any atom is 0.363 e. The minimum atomic E-state index is -3.65. The van der Waals surface area contributed by atoms with Crippen molar-refractivity contribution < 1.29 is 27.1 Å². The van der Waals surface area contributed by atoms with Crippen LogP contribution >= 0.6 is 0 Å². The van der Waals surface area contributed by atoms with E-state index < -0.39 is 21.8 Å². The van der Waals surface area contributed by atoms with E-state index in [0.29, 0.717) is 11.1 Å². The van der Waals surface area contributed by atoms with Crippen molar-refractivity contribution in [3.8, 4) is 5.75 Å². The number of cyclic esters (lactones) is 1. The zero-order valence-corrected chi connectivity index (χ0v) is 16.2. The number of benzene rings is 2. The molecule has 2 aromatic rings. The van der Waals surface area contributed by atoms with Crippen molar-refractivity contribution in [2.45, 2.75) is 4.90 Å². The molecule has 2 aromatic carbocycles. The Labute approximate surface area is 161 Å². The Morgan fingerprint density at radius 3 is 2.57 bits per heavy atom. The molecule has 7 nitrogen and oxygen atoms in total. The first-order chi connectivity index (χ1) is 13.2. The second kappa shape index (κ2) is 7.53. The standard InChI is InChI=1S/C19H17FN2O5S/c1-22(2)28(24,25)14-6-4-5-13(11-14)18-21-16(19(23)27-18)10-12-7-8-17(26-3)15(20)9-12/h4-11H,1-3H3/b16-10-. The second-order valence-electron chi connectivity index (χ2n) is 6.05. The normalized spacial score (nSPS) is 15.7. The first-order valence-corrected chi connectivity index (χ1v) is 9.55. The highest BCUT2D eigenvalue weighted by atomic mass is 32.2. The number of rotatable bonds is 5. The number of nitrogens with zero attached hydrogens (tertiary/aromatic N) is 2. The summed E-state index contributed by atoms with van der Waals surface area (Å²) in [5, 5.41) is 0. The quantitative estimate of drug-likeness (QED) is 0.564. The van der Waals surface area contributed by atoms with Gasteiger partial charge < -0.3 is 9.47 Å². The van der Waals surface area contributed by atoms with E-state index in [1.54, 1.807) is 12.1 Å². The third-order valence-electron chi connectivity index (χ3n) is 3.96. The zero-order valence-electron chi connectivity index (χ0n) is 15.3. The van der Waals surface area contributed by atoms with Gasteiger partial charge in [-0.15, -0.1) is 0 Å². The highest BCUT2D eigenvalue weighted by Crippen LogP contribution is 2.24. The molecule has 1 aliphatic heterocycles. The van der Waals surface area contributed by atoms with Crippen LogP contribution in [0.3, 0.4) is 0 Å². The molecule has 0 fully saturated rings. The number of carbonyl (C=O) groups excluding carboxylic acids is 1. The maximum atomic E-state index is 13.8. The van der Waals surface area contributed by atoms with Crippen molar-refractivity contribution in [1.82, 2.24) is 4.31 Å². The first kappa shape index (κ1) is 19.7. The van der Waals surface area contributed by atoms with Gasteiger partial charge in [0.1, 0.15) is 0 Å². The van der Waals surface area contributed by atoms with Crippen molar-refractivity contribution in [3.05, 3.63) is 65.1 Å². The fraction of sp³-hybridized carbons (Fsp3) is 0.158. The Morgan fingerprint density at radius 1 is 1.18 bits per heavy atom. The number of sulfonamides is 1. The van der Waals surface area contributed by atoms with Crippen LogP contribution in [0.1, 0.15) is 11.1 Å². The molecule has 1 aliphatic rings. The average molecular weight is 404 g/mol. The van der Waals surface area contributed by atoms with Crippen LogP contribution in [0.2, 0.25) is 0 Å². The average Bonchev–Trinajstić information content (AvgIpc) is 3.02. The summed E-state index contributed by atoms with van der Waals surface area (Å²) in [6, 6.07) is 10.1. The van der Waals surface area contributed by atoms with E-state index in [-0.39, 0.29) is 22.2 Å². The number of methoxy groups -OCH3 is 1. The SMILES string of the molecule is COc1ccc(/C=C2\N=C(c3cccc(S(=O)(=O)N(C)C)c3)OC2=O)cc1F. The van der Waals surface area contributed by atoms with Gasteiger partial charge in [0.05, 0.1) is 12.0 Å². The molecule has 0 saturated carbocycles. The molecular weight excluding hydrogens is 387 g/mol. The van der Waals surface area contributed by atoms with E-state index in [0.717, 1.165) is 4.31 Å². The Balaban J connectivity index is 1.95. The van der Waals surface area contributed by atoms with E-state index in [9.17, 15) is 17.6 Å². The molecule has 9 heteroatoms. The van der Waals surface area contributed by atoms with Gasteiger partial charge in [0.15, 0.2) is 17.3 Å². The van der Waals surface area contributed by atoms with Gasteiger partial charge in [0.2, 0.25) is 15.9 Å². The Hall–Kier alpha value is -3.04. The summed E-state index contributed by atoms with van der Waals surface area (Å²) in [5.41, 5.74) is 0.709. The van der Waals surface area contributed by atoms with Crippen molar-refractivity contribution in [2.75, 3.05) is 21.2 Å². The van der Waals surface area contributed by atoms with Crippen molar-refractivity contribution in [2.24, 2.45) is 4.99 Å². The number of hydrogen-bond acceptors (Lipinski definition) is 6. The van der Waals surface area contributed by atoms with Gasteiger partial charge in [-0.3, -0.25) is 0 Å². The smallest absolute Gasteiger partial charge is 0.363 e. The van der Waals surface area contributed by atoms with Crippen LogP contribution in [0.4, 0.5) is 4.39 Å². The van der Waals surface area contributed by atoms with Gasteiger partial charge in [-0.2, -0.15) is 0 Å². The van der Waals surface area contributed by atoms with E-state index in [4.69, 9.17) is 9.47 Å². The van der Waals surface area contributed by atoms with Gasteiger partial charge in [0.25, 0.3) is 0 Å². The number of ether oxygens (including phenoxy) is 2. The van der Waals surface area contributed by atoms with Crippen molar-refractivity contribution in [1.29, 1.82) is 0 Å². The summed E-state index contributed by atoms with van der Waals surface area (Å²) in [4.78, 5) is 16.3. The van der Waals surface area contributed by atoms with Crippen LogP contribution in [0.5, 0.6) is 5.75 Å². The van der Waals surface area contributed by atoms with Crippen LogP contribution < -0.4 is 4.74 Å². The first-order valence-electron chi connectivity index (χ1n) is 8.11. The highest BCUT2D eigenvalue weighted by molar-refractivity contribution is 7.89. The third-order valence-corrected chi connectivity index (χ3v) is 5.77. The molecule has 1 heterocycles. The van der Waals surface area contributed by atoms with Gasteiger partial charge in [-0.05, 0) is 42.0 Å². The Morgan fingerprint density at radius 2 is 1.93 bits per heavy atom. The summed E-state index contributed by atoms with van der Waals surface area (Å²) < 4.78 is 49.5. The molecule has 0 bridgehead atoms.